The second-order valence-corrected chi connectivity index (χ2v) is 19.6. The Balaban J connectivity index is 2.31. The predicted molar refractivity (Wildman–Crippen MR) is 131 cm³/mol. The summed E-state index contributed by atoms with van der Waals surface area (Å²) in [5.41, 5.74) is 11.1. The number of fused-ring (bicyclic) bond motifs is 1. The van der Waals surface area contributed by atoms with Crippen molar-refractivity contribution in [3.63, 3.8) is 0 Å². The van der Waals surface area contributed by atoms with E-state index in [0.717, 1.165) is 12.8 Å². The van der Waals surface area contributed by atoms with Crippen molar-refractivity contribution in [1.82, 2.24) is 0 Å². The van der Waals surface area contributed by atoms with Gasteiger partial charge in [0.2, 0.25) is 0 Å². The Morgan fingerprint density at radius 3 is 1.93 bits per heavy atom. The molecule has 0 amide bonds. The van der Waals surface area contributed by atoms with Crippen molar-refractivity contribution in [3.8, 4) is 11.1 Å². The maximum absolute atomic E-state index is 6.67. The van der Waals surface area contributed by atoms with Crippen LogP contribution in [0.1, 0.15) is 92.8 Å². The van der Waals surface area contributed by atoms with Gasteiger partial charge in [0.05, 0.1) is 0 Å². The SMILES string of the molecule is CCCC1=Cc2c(ccc(C)c2-c2cc(C(C)(C)C)cc(C(C)(C)C)c2)[CH]1[Zr]([Cl])[Cl]. The minimum absolute atomic E-state index is 0.0980. The van der Waals surface area contributed by atoms with Crippen molar-refractivity contribution in [3.05, 3.63) is 63.7 Å². The van der Waals surface area contributed by atoms with E-state index in [1.165, 1.54) is 44.5 Å². The number of halogens is 2. The summed E-state index contributed by atoms with van der Waals surface area (Å²) in [6.45, 7) is 18.3. The average Bonchev–Trinajstić information content (AvgIpc) is 2.98. The predicted octanol–water partition coefficient (Wildman–Crippen LogP) is 9.42. The summed E-state index contributed by atoms with van der Waals surface area (Å²) in [5, 5.41) is 0. The van der Waals surface area contributed by atoms with Gasteiger partial charge in [0.15, 0.2) is 0 Å². The van der Waals surface area contributed by atoms with E-state index in [4.69, 9.17) is 17.0 Å². The molecule has 0 fully saturated rings. The van der Waals surface area contributed by atoms with Gasteiger partial charge in [-0.2, -0.15) is 0 Å². The zero-order chi connectivity index (χ0) is 22.4. The summed E-state index contributed by atoms with van der Waals surface area (Å²) >= 11 is -2.48. The van der Waals surface area contributed by atoms with Crippen LogP contribution < -0.4 is 0 Å². The molecule has 1 atom stereocenters. The average molecular weight is 522 g/mol. The fourth-order valence-electron chi connectivity index (χ4n) is 4.40. The van der Waals surface area contributed by atoms with Crippen molar-refractivity contribution in [2.45, 2.75) is 82.7 Å². The number of rotatable bonds is 4. The van der Waals surface area contributed by atoms with Crippen molar-refractivity contribution in [1.29, 1.82) is 0 Å². The van der Waals surface area contributed by atoms with Crippen LogP contribution in [0.2, 0.25) is 0 Å². The molecule has 0 N–H and O–H groups in total. The van der Waals surface area contributed by atoms with E-state index in [1.54, 1.807) is 0 Å². The zero-order valence-electron chi connectivity index (χ0n) is 19.7. The molecule has 0 saturated carbocycles. The Bertz CT molecular complexity index is 939. The first kappa shape index (κ1) is 24.3. The zero-order valence-corrected chi connectivity index (χ0v) is 23.7. The van der Waals surface area contributed by atoms with E-state index < -0.39 is 19.4 Å². The molecule has 0 bridgehead atoms. The number of hydrogen-bond acceptors (Lipinski definition) is 0. The van der Waals surface area contributed by atoms with Gasteiger partial charge in [-0.1, -0.05) is 0 Å². The molecule has 0 spiro atoms. The fraction of sp³-hybridized carbons (Fsp3) is 0.481. The number of benzene rings is 2. The Labute approximate surface area is 198 Å². The molecular formula is C27H35Cl2Zr. The van der Waals surface area contributed by atoms with Gasteiger partial charge in [-0.05, 0) is 0 Å². The van der Waals surface area contributed by atoms with E-state index in [0.29, 0.717) is 0 Å². The van der Waals surface area contributed by atoms with Crippen LogP contribution in [-0.4, -0.2) is 0 Å². The third kappa shape index (κ3) is 4.84. The van der Waals surface area contributed by atoms with Crippen LogP contribution in [0.4, 0.5) is 0 Å². The summed E-state index contributed by atoms with van der Waals surface area (Å²) in [7, 11) is 13.3. The number of allylic oxidation sites excluding steroid dienone is 1. The Morgan fingerprint density at radius 1 is 0.900 bits per heavy atom. The first-order valence-corrected chi connectivity index (χ1v) is 18.8. The Kier molecular flexibility index (Phi) is 7.19. The molecular weight excluding hydrogens is 486 g/mol. The van der Waals surface area contributed by atoms with Gasteiger partial charge in [0.25, 0.3) is 0 Å². The monoisotopic (exact) mass is 519 g/mol. The van der Waals surface area contributed by atoms with Crippen molar-refractivity contribution in [2.75, 3.05) is 0 Å². The quantitative estimate of drug-likeness (QED) is 0.376. The molecule has 0 nitrogen and oxygen atoms in total. The van der Waals surface area contributed by atoms with Gasteiger partial charge in [-0.15, -0.1) is 0 Å². The summed E-state index contributed by atoms with van der Waals surface area (Å²) in [6, 6.07) is 11.7. The summed E-state index contributed by atoms with van der Waals surface area (Å²) in [5.74, 6) is 0. The molecule has 0 radical (unpaired) electrons. The molecule has 1 unspecified atom stereocenters. The number of aryl methyl sites for hydroxylation is 1. The molecule has 0 aromatic heterocycles. The third-order valence-electron chi connectivity index (χ3n) is 6.21. The number of hydrogen-bond donors (Lipinski definition) is 0. The van der Waals surface area contributed by atoms with E-state index in [1.807, 2.05) is 0 Å². The van der Waals surface area contributed by atoms with Crippen molar-refractivity contribution < 1.29 is 19.4 Å². The third-order valence-corrected chi connectivity index (χ3v) is 11.5. The van der Waals surface area contributed by atoms with Crippen LogP contribution in [0.5, 0.6) is 0 Å². The van der Waals surface area contributed by atoms with Crippen LogP contribution in [0.25, 0.3) is 17.2 Å². The second-order valence-electron chi connectivity index (χ2n) is 10.8. The van der Waals surface area contributed by atoms with Gasteiger partial charge < -0.3 is 0 Å². The molecule has 3 heteroatoms. The normalized spacial score (nSPS) is 16.5. The summed E-state index contributed by atoms with van der Waals surface area (Å²) < 4.78 is 0.290. The summed E-state index contributed by atoms with van der Waals surface area (Å²) in [6.07, 6.45) is 4.62. The van der Waals surface area contributed by atoms with Gasteiger partial charge in [0, 0.05) is 0 Å². The molecule has 0 saturated heterocycles. The van der Waals surface area contributed by atoms with Crippen LogP contribution in [0.15, 0.2) is 35.9 Å². The van der Waals surface area contributed by atoms with Crippen molar-refractivity contribution in [2.24, 2.45) is 0 Å². The standard InChI is InChI=1S/C27H35.2ClH.Zr/c1-9-10-19-13-20-12-11-18(2)25(24(20)14-19)21-15-22(26(3,4)5)17-23(16-21)27(6,7)8;;;/h11-17H,9-10H2,1-8H3;2*1H;/q;;;+2/p-2. The van der Waals surface area contributed by atoms with Crippen LogP contribution in [0, 0.1) is 6.92 Å². The molecule has 3 rings (SSSR count). The van der Waals surface area contributed by atoms with Gasteiger partial charge in [-0.3, -0.25) is 0 Å². The van der Waals surface area contributed by atoms with Gasteiger partial charge in [0.1, 0.15) is 0 Å². The van der Waals surface area contributed by atoms with E-state index in [2.05, 4.69) is 91.8 Å². The van der Waals surface area contributed by atoms with Crippen LogP contribution in [-0.2, 0) is 30.2 Å². The summed E-state index contributed by atoms with van der Waals surface area (Å²) in [4.78, 5) is 0. The fourth-order valence-corrected chi connectivity index (χ4v) is 9.90. The molecule has 2 aromatic rings. The molecule has 0 aliphatic heterocycles. The van der Waals surface area contributed by atoms with E-state index in [9.17, 15) is 0 Å². The molecule has 2 aromatic carbocycles. The maximum atomic E-state index is 6.67. The molecule has 30 heavy (non-hydrogen) atoms. The van der Waals surface area contributed by atoms with Gasteiger partial charge in [-0.25, -0.2) is 0 Å². The van der Waals surface area contributed by atoms with Crippen molar-refractivity contribution >= 4 is 23.1 Å². The first-order chi connectivity index (χ1) is 13.8. The van der Waals surface area contributed by atoms with Crippen LogP contribution >= 0.6 is 17.0 Å². The van der Waals surface area contributed by atoms with Gasteiger partial charge >= 0.3 is 200 Å². The second kappa shape index (κ2) is 8.88. The van der Waals surface area contributed by atoms with E-state index >= 15 is 0 Å². The Hall–Kier alpha value is -0.357. The Morgan fingerprint density at radius 2 is 1.47 bits per heavy atom. The molecule has 0 heterocycles. The molecule has 1 aliphatic rings. The molecule has 161 valence electrons. The topological polar surface area (TPSA) is 0 Å². The van der Waals surface area contributed by atoms with Crippen LogP contribution in [0.3, 0.4) is 0 Å². The first-order valence-electron chi connectivity index (χ1n) is 11.0. The minimum atomic E-state index is -2.48. The molecule has 1 aliphatic carbocycles. The van der Waals surface area contributed by atoms with E-state index in [-0.39, 0.29) is 14.5 Å².